The van der Waals surface area contributed by atoms with E-state index in [9.17, 15) is 10.1 Å². The summed E-state index contributed by atoms with van der Waals surface area (Å²) in [4.78, 5) is 9.92. The highest BCUT2D eigenvalue weighted by atomic mass is 35.5. The van der Waals surface area contributed by atoms with Gasteiger partial charge in [-0.1, -0.05) is 23.7 Å². The zero-order valence-electron chi connectivity index (χ0n) is 7.48. The average Bonchev–Trinajstić information content (AvgIpc) is 2.19. The molecule has 76 valence electrons. The lowest BCUT2D eigenvalue weighted by Gasteiger charge is -2.00. The van der Waals surface area contributed by atoms with Gasteiger partial charge in [0.15, 0.2) is 0 Å². The maximum Gasteiger partial charge on any atom is 0.269 e. The van der Waals surface area contributed by atoms with E-state index in [0.29, 0.717) is 13.0 Å². The van der Waals surface area contributed by atoms with E-state index in [-0.39, 0.29) is 11.8 Å². The summed E-state index contributed by atoms with van der Waals surface area (Å²) in [6, 6.07) is 6.57. The smallest absolute Gasteiger partial charge is 0.269 e. The lowest BCUT2D eigenvalue weighted by Crippen LogP contribution is -1.97. The Morgan fingerprint density at radius 1 is 1.36 bits per heavy atom. The minimum atomic E-state index is -0.418. The van der Waals surface area contributed by atoms with E-state index in [0.717, 1.165) is 5.56 Å². The SMILES string of the molecule is O=[N+]([O-])c1ccc(CCOCCl)cc1. The van der Waals surface area contributed by atoms with Crippen LogP contribution in [0.4, 0.5) is 5.69 Å². The van der Waals surface area contributed by atoms with Gasteiger partial charge < -0.3 is 4.74 Å². The van der Waals surface area contributed by atoms with Gasteiger partial charge in [-0.3, -0.25) is 10.1 Å². The molecule has 0 saturated heterocycles. The molecule has 0 bridgehead atoms. The molecule has 0 atom stereocenters. The first-order chi connectivity index (χ1) is 6.74. The van der Waals surface area contributed by atoms with Crippen LogP contribution in [0.15, 0.2) is 24.3 Å². The highest BCUT2D eigenvalue weighted by molar-refractivity contribution is 6.17. The quantitative estimate of drug-likeness (QED) is 0.328. The van der Waals surface area contributed by atoms with Crippen LogP contribution in [0.5, 0.6) is 0 Å². The van der Waals surface area contributed by atoms with Gasteiger partial charge in [-0.2, -0.15) is 0 Å². The Labute approximate surface area is 86.6 Å². The third-order valence-electron chi connectivity index (χ3n) is 1.76. The molecule has 1 aromatic carbocycles. The van der Waals surface area contributed by atoms with Crippen LogP contribution in [0.2, 0.25) is 0 Å². The van der Waals surface area contributed by atoms with Crippen LogP contribution in [0.1, 0.15) is 5.56 Å². The van der Waals surface area contributed by atoms with Crippen molar-refractivity contribution in [3.8, 4) is 0 Å². The largest absolute Gasteiger partial charge is 0.365 e. The molecule has 5 heteroatoms. The summed E-state index contributed by atoms with van der Waals surface area (Å²) >= 11 is 5.32. The molecular formula is C9H10ClNO3. The van der Waals surface area contributed by atoms with Crippen molar-refractivity contribution in [3.05, 3.63) is 39.9 Å². The van der Waals surface area contributed by atoms with Crippen LogP contribution >= 0.6 is 11.6 Å². The zero-order valence-corrected chi connectivity index (χ0v) is 8.24. The number of nitro groups is 1. The van der Waals surface area contributed by atoms with Crippen LogP contribution in [-0.2, 0) is 11.2 Å². The van der Waals surface area contributed by atoms with Gasteiger partial charge in [0.1, 0.15) is 6.07 Å². The fraction of sp³-hybridized carbons (Fsp3) is 0.333. The van der Waals surface area contributed by atoms with Crippen molar-refractivity contribution in [1.29, 1.82) is 0 Å². The van der Waals surface area contributed by atoms with Gasteiger partial charge in [0.05, 0.1) is 11.5 Å². The average molecular weight is 216 g/mol. The molecule has 0 fully saturated rings. The van der Waals surface area contributed by atoms with E-state index < -0.39 is 4.92 Å². The number of hydrogen-bond acceptors (Lipinski definition) is 3. The van der Waals surface area contributed by atoms with Gasteiger partial charge >= 0.3 is 0 Å². The molecule has 0 aliphatic carbocycles. The van der Waals surface area contributed by atoms with E-state index in [1.165, 1.54) is 12.1 Å². The number of hydrogen-bond donors (Lipinski definition) is 0. The van der Waals surface area contributed by atoms with Crippen LogP contribution in [0.25, 0.3) is 0 Å². The van der Waals surface area contributed by atoms with Crippen molar-refractivity contribution < 1.29 is 9.66 Å². The molecule has 1 rings (SSSR count). The lowest BCUT2D eigenvalue weighted by molar-refractivity contribution is -0.384. The number of halogens is 1. The highest BCUT2D eigenvalue weighted by Gasteiger charge is 2.03. The second-order valence-electron chi connectivity index (χ2n) is 2.69. The summed E-state index contributed by atoms with van der Waals surface area (Å²) < 4.78 is 4.95. The second-order valence-corrected chi connectivity index (χ2v) is 2.91. The third kappa shape index (κ3) is 3.32. The number of ether oxygens (including phenoxy) is 1. The van der Waals surface area contributed by atoms with E-state index in [1.807, 2.05) is 0 Å². The first-order valence-electron chi connectivity index (χ1n) is 4.11. The Bertz CT molecular complexity index is 299. The van der Waals surface area contributed by atoms with Gasteiger partial charge in [0.25, 0.3) is 5.69 Å². The molecular weight excluding hydrogens is 206 g/mol. The predicted molar refractivity (Wildman–Crippen MR) is 53.5 cm³/mol. The Hall–Kier alpha value is -1.13. The Kier molecular flexibility index (Phi) is 4.35. The number of nitrogens with zero attached hydrogens (tertiary/aromatic N) is 1. The number of alkyl halides is 1. The topological polar surface area (TPSA) is 52.4 Å². The molecule has 14 heavy (non-hydrogen) atoms. The molecule has 0 N–H and O–H groups in total. The minimum Gasteiger partial charge on any atom is -0.365 e. The summed E-state index contributed by atoms with van der Waals surface area (Å²) in [5, 5.41) is 10.3. The molecule has 0 amide bonds. The highest BCUT2D eigenvalue weighted by Crippen LogP contribution is 2.12. The van der Waals surface area contributed by atoms with Gasteiger partial charge in [0.2, 0.25) is 0 Å². The normalized spacial score (nSPS) is 10.1. The fourth-order valence-corrected chi connectivity index (χ4v) is 1.14. The third-order valence-corrected chi connectivity index (χ3v) is 1.91. The number of rotatable bonds is 5. The predicted octanol–water partition coefficient (Wildman–Crippen LogP) is 2.35. The van der Waals surface area contributed by atoms with Gasteiger partial charge in [-0.25, -0.2) is 0 Å². The molecule has 4 nitrogen and oxygen atoms in total. The molecule has 0 spiro atoms. The van der Waals surface area contributed by atoms with Crippen molar-refractivity contribution in [2.24, 2.45) is 0 Å². The summed E-state index contributed by atoms with van der Waals surface area (Å²) in [5.41, 5.74) is 1.10. The van der Waals surface area contributed by atoms with E-state index in [1.54, 1.807) is 12.1 Å². The first kappa shape index (κ1) is 10.9. The molecule has 1 aromatic rings. The minimum absolute atomic E-state index is 0.104. The van der Waals surface area contributed by atoms with Crippen molar-refractivity contribution in [1.82, 2.24) is 0 Å². The Balaban J connectivity index is 2.51. The monoisotopic (exact) mass is 215 g/mol. The molecule has 0 unspecified atom stereocenters. The summed E-state index contributed by atoms with van der Waals surface area (Å²) in [6.45, 7) is 0.529. The standard InChI is InChI=1S/C9H10ClNO3/c10-7-14-6-5-8-1-3-9(4-2-8)11(12)13/h1-4H,5-7H2. The molecule has 0 aliphatic rings. The van der Waals surface area contributed by atoms with Crippen molar-refractivity contribution in [2.75, 3.05) is 12.7 Å². The molecule has 0 aromatic heterocycles. The van der Waals surface area contributed by atoms with Crippen molar-refractivity contribution in [2.45, 2.75) is 6.42 Å². The fourth-order valence-electron chi connectivity index (χ4n) is 1.03. The van der Waals surface area contributed by atoms with Gasteiger partial charge in [0, 0.05) is 12.1 Å². The molecule has 0 saturated carbocycles. The van der Waals surface area contributed by atoms with E-state index in [2.05, 4.69) is 0 Å². The first-order valence-corrected chi connectivity index (χ1v) is 4.64. The maximum absolute atomic E-state index is 10.3. The van der Waals surface area contributed by atoms with Crippen molar-refractivity contribution >= 4 is 17.3 Å². The van der Waals surface area contributed by atoms with E-state index in [4.69, 9.17) is 16.3 Å². The van der Waals surface area contributed by atoms with Crippen LogP contribution < -0.4 is 0 Å². The summed E-state index contributed by atoms with van der Waals surface area (Å²) in [6.07, 6.45) is 0.713. The number of benzene rings is 1. The maximum atomic E-state index is 10.3. The molecule has 0 heterocycles. The zero-order chi connectivity index (χ0) is 10.4. The van der Waals surface area contributed by atoms with E-state index >= 15 is 0 Å². The number of non-ortho nitro benzene ring substituents is 1. The summed E-state index contributed by atoms with van der Waals surface area (Å²) in [5.74, 6) is 0. The van der Waals surface area contributed by atoms with Crippen molar-refractivity contribution in [3.63, 3.8) is 0 Å². The van der Waals surface area contributed by atoms with Gasteiger partial charge in [-0.15, -0.1) is 0 Å². The second kappa shape index (κ2) is 5.57. The van der Waals surface area contributed by atoms with Crippen LogP contribution in [-0.4, -0.2) is 17.6 Å². The number of nitro benzene ring substituents is 1. The Morgan fingerprint density at radius 2 is 2.00 bits per heavy atom. The molecule has 0 aliphatic heterocycles. The molecule has 0 radical (unpaired) electrons. The van der Waals surface area contributed by atoms with Gasteiger partial charge in [-0.05, 0) is 12.0 Å². The lowest BCUT2D eigenvalue weighted by atomic mass is 10.1. The Morgan fingerprint density at radius 3 is 2.50 bits per heavy atom. The van der Waals surface area contributed by atoms with Crippen LogP contribution in [0.3, 0.4) is 0 Å². The van der Waals surface area contributed by atoms with Crippen LogP contribution in [0, 0.1) is 10.1 Å². The summed E-state index contributed by atoms with van der Waals surface area (Å²) in [7, 11) is 0.